The van der Waals surface area contributed by atoms with Gasteiger partial charge in [0.2, 0.25) is 0 Å². The molecule has 2 aromatic rings. The molecule has 239 valence electrons. The van der Waals surface area contributed by atoms with Gasteiger partial charge < -0.3 is 30.0 Å². The topological polar surface area (TPSA) is 145 Å². The van der Waals surface area contributed by atoms with Crippen LogP contribution in [0.2, 0.25) is 0 Å². The minimum Gasteiger partial charge on any atom is -0.550 e. The van der Waals surface area contributed by atoms with Crippen LogP contribution in [-0.2, 0) is 39.2 Å². The number of carboxylic acid groups (broad SMARTS) is 2. The van der Waals surface area contributed by atoms with Crippen LogP contribution >= 0.6 is 0 Å². The van der Waals surface area contributed by atoms with Crippen molar-refractivity contribution in [1.82, 2.24) is 0 Å². The van der Waals surface area contributed by atoms with E-state index in [-0.39, 0.29) is 28.9 Å². The molecule has 2 N–H and O–H groups in total. The van der Waals surface area contributed by atoms with Gasteiger partial charge in [-0.3, -0.25) is 9.98 Å². The summed E-state index contributed by atoms with van der Waals surface area (Å²) >= 11 is 0. The zero-order valence-corrected chi connectivity index (χ0v) is 27.8. The fourth-order valence-corrected chi connectivity index (χ4v) is 4.87. The van der Waals surface area contributed by atoms with Crippen molar-refractivity contribution in [3.8, 4) is 11.5 Å². The Balaban J connectivity index is 0.00000174. The molecule has 0 unspecified atom stereocenters. The molecule has 0 atom stereocenters. The quantitative estimate of drug-likeness (QED) is 0.408. The first-order valence-corrected chi connectivity index (χ1v) is 14.6. The van der Waals surface area contributed by atoms with Gasteiger partial charge in [0, 0.05) is 35.5 Å². The summed E-state index contributed by atoms with van der Waals surface area (Å²) in [6, 6.07) is 8.84. The summed E-state index contributed by atoms with van der Waals surface area (Å²) in [5.41, 5.74) is 5.97. The number of carboxylic acids is 2. The number of nitrogens with zero attached hydrogens (tertiary/aromatic N) is 2. The third kappa shape index (κ3) is 16.3. The van der Waals surface area contributed by atoms with Crippen molar-refractivity contribution in [1.29, 1.82) is 0 Å². The van der Waals surface area contributed by atoms with Gasteiger partial charge in [-0.05, 0) is 112 Å². The predicted molar refractivity (Wildman–Crippen MR) is 165 cm³/mol. The van der Waals surface area contributed by atoms with Crippen molar-refractivity contribution in [3.05, 3.63) is 57.6 Å². The van der Waals surface area contributed by atoms with E-state index in [9.17, 15) is 10.2 Å². The number of hydrogen-bond acceptors (Lipinski definition) is 8. The van der Waals surface area contributed by atoms with E-state index in [2.05, 4.69) is 52.0 Å². The van der Waals surface area contributed by atoms with Crippen LogP contribution in [-0.4, -0.2) is 46.7 Å². The van der Waals surface area contributed by atoms with Crippen molar-refractivity contribution >= 4 is 24.4 Å². The second kappa shape index (κ2) is 19.9. The smallest absolute Gasteiger partial charge is 0.550 e. The maximum atomic E-state index is 10.5. The molecule has 9 heteroatoms. The van der Waals surface area contributed by atoms with Crippen LogP contribution in [0.4, 0.5) is 0 Å². The van der Waals surface area contributed by atoms with E-state index in [1.54, 1.807) is 0 Å². The van der Waals surface area contributed by atoms with Gasteiger partial charge in [-0.2, -0.15) is 0 Å². The van der Waals surface area contributed by atoms with Crippen LogP contribution in [0, 0.1) is 25.7 Å². The number of benzene rings is 2. The van der Waals surface area contributed by atoms with E-state index in [1.165, 1.54) is 11.1 Å². The molecule has 0 amide bonds. The van der Waals surface area contributed by atoms with Crippen LogP contribution in [0.25, 0.3) is 0 Å². The summed E-state index contributed by atoms with van der Waals surface area (Å²) in [6.45, 7) is 14.7. The van der Waals surface area contributed by atoms with Gasteiger partial charge in [-0.25, -0.2) is 0 Å². The molecule has 1 fully saturated rings. The molecule has 1 aliphatic rings. The monoisotopic (exact) mass is 639 g/mol. The Morgan fingerprint density at radius 2 is 1.02 bits per heavy atom. The molecule has 0 bridgehead atoms. The molecule has 3 rings (SSSR count). The third-order valence-corrected chi connectivity index (χ3v) is 6.58. The van der Waals surface area contributed by atoms with Crippen molar-refractivity contribution in [2.24, 2.45) is 21.8 Å². The Morgan fingerprint density at radius 1 is 0.744 bits per heavy atom. The Morgan fingerprint density at radius 3 is 1.28 bits per heavy atom. The van der Waals surface area contributed by atoms with Crippen molar-refractivity contribution in [2.45, 2.75) is 106 Å². The van der Waals surface area contributed by atoms with Gasteiger partial charge in [0.15, 0.2) is 0 Å². The second-order valence-electron chi connectivity index (χ2n) is 11.9. The van der Waals surface area contributed by atoms with Gasteiger partial charge in [0.25, 0.3) is 0 Å². The van der Waals surface area contributed by atoms with Crippen LogP contribution in [0.3, 0.4) is 0 Å². The number of phenols is 2. The Kier molecular flexibility index (Phi) is 18.4. The normalized spacial score (nSPS) is 16.3. The number of hydrogen-bond donors (Lipinski definition) is 2. The first-order valence-electron chi connectivity index (χ1n) is 14.6. The molecule has 0 heterocycles. The Labute approximate surface area is 267 Å². The standard InChI is InChI=1S/C30H42N2O2.2C2H4O2.Co/c1-19(2)11-23-13-21(5)29(33)25(15-23)17-31-27-7-9-28(10-8-27)32-18-26-16-24(12-20(3)4)14-22(6)30(26)34;2*1-2(3)4;/h13-20,27-28,33-34H,7-12H2,1-6H3;2*1H3,(H,3,4);/q;;;+2/p-2. The predicted octanol–water partition coefficient (Wildman–Crippen LogP) is 4.47. The fourth-order valence-electron chi connectivity index (χ4n) is 4.87. The number of carbonyl (C=O) groups is 2. The van der Waals surface area contributed by atoms with Gasteiger partial charge in [0.1, 0.15) is 11.5 Å². The number of aliphatic carboxylic acids is 2. The summed E-state index contributed by atoms with van der Waals surface area (Å²) < 4.78 is 0. The van der Waals surface area contributed by atoms with Gasteiger partial charge in [-0.1, -0.05) is 39.8 Å². The number of aliphatic imine (C=N–C) groups is 2. The summed E-state index contributed by atoms with van der Waals surface area (Å²) in [5, 5.41) is 38.7. The van der Waals surface area contributed by atoms with Crippen molar-refractivity contribution in [3.63, 3.8) is 0 Å². The van der Waals surface area contributed by atoms with Crippen molar-refractivity contribution < 1.29 is 46.8 Å². The second-order valence-corrected chi connectivity index (χ2v) is 11.9. The molecule has 0 aromatic heterocycles. The minimum atomic E-state index is -1.08. The number of carbonyl (C=O) groups excluding carboxylic acids is 2. The molecule has 1 radical (unpaired) electrons. The van der Waals surface area contributed by atoms with Crippen LogP contribution < -0.4 is 10.2 Å². The SMILES string of the molecule is CC(=O)[O-].CC(=O)[O-].Cc1cc(CC(C)C)cc(C=NC2CCC(N=Cc3cc(CC(C)C)cc(C)c3O)CC2)c1O.[Co+2]. The summed E-state index contributed by atoms with van der Waals surface area (Å²) in [6.07, 6.45) is 9.68. The molecule has 0 spiro atoms. The molecule has 1 saturated carbocycles. The first kappa shape index (κ1) is 39.8. The number of aromatic hydroxyl groups is 2. The maximum absolute atomic E-state index is 10.5. The number of aryl methyl sites for hydroxylation is 2. The molecule has 43 heavy (non-hydrogen) atoms. The maximum Gasteiger partial charge on any atom is 2.00 e. The minimum absolute atomic E-state index is 0. The fraction of sp³-hybridized carbons (Fsp3) is 0.529. The van der Waals surface area contributed by atoms with Gasteiger partial charge in [0.05, 0.1) is 12.1 Å². The average molecular weight is 640 g/mol. The van der Waals surface area contributed by atoms with Crippen LogP contribution in [0.1, 0.15) is 101 Å². The zero-order valence-electron chi connectivity index (χ0n) is 26.8. The van der Waals surface area contributed by atoms with Gasteiger partial charge in [-0.15, -0.1) is 0 Å². The third-order valence-electron chi connectivity index (χ3n) is 6.58. The summed E-state index contributed by atoms with van der Waals surface area (Å²) in [5.74, 6) is -0.338. The largest absolute Gasteiger partial charge is 2.00 e. The Bertz CT molecular complexity index is 1130. The molecule has 8 nitrogen and oxygen atoms in total. The van der Waals surface area contributed by atoms with E-state index in [1.807, 2.05) is 26.3 Å². The van der Waals surface area contributed by atoms with Gasteiger partial charge >= 0.3 is 16.8 Å². The molecule has 2 aromatic carbocycles. The van der Waals surface area contributed by atoms with Crippen LogP contribution in [0.5, 0.6) is 11.5 Å². The van der Waals surface area contributed by atoms with E-state index >= 15 is 0 Å². The molecule has 0 saturated heterocycles. The number of phenolic OH excluding ortho intramolecular Hbond substituents is 2. The summed E-state index contributed by atoms with van der Waals surface area (Å²) in [7, 11) is 0. The van der Waals surface area contributed by atoms with E-state index in [0.717, 1.165) is 74.6 Å². The molecule has 1 aliphatic carbocycles. The molecular formula is C34H48CoN2O6. The van der Waals surface area contributed by atoms with E-state index < -0.39 is 11.9 Å². The van der Waals surface area contributed by atoms with E-state index in [0.29, 0.717) is 23.3 Å². The van der Waals surface area contributed by atoms with E-state index in [4.69, 9.17) is 29.8 Å². The Hall–Kier alpha value is -3.17. The zero-order chi connectivity index (χ0) is 32.0. The van der Waals surface area contributed by atoms with Crippen LogP contribution in [0.15, 0.2) is 34.3 Å². The first-order chi connectivity index (χ1) is 19.6. The number of rotatable bonds is 8. The average Bonchev–Trinajstić information content (AvgIpc) is 2.85. The molecular weight excluding hydrogens is 591 g/mol. The summed E-state index contributed by atoms with van der Waals surface area (Å²) in [4.78, 5) is 27.4. The molecule has 0 aliphatic heterocycles. The van der Waals surface area contributed by atoms with Crippen molar-refractivity contribution in [2.75, 3.05) is 0 Å².